The SMILES string of the molecule is CCc1ccc(N(CC(=O)N(Cc2ccc(F)cc2)[C@@H](CC)C(=O)NC(C)C)S(=O)(=O)c2ccccc2)cc1. The number of aryl methyl sites for hydroxylation is 1. The normalized spacial score (nSPS) is 12.2. The van der Waals surface area contributed by atoms with Crippen molar-refractivity contribution in [3.8, 4) is 0 Å². The Balaban J connectivity index is 2.05. The summed E-state index contributed by atoms with van der Waals surface area (Å²) in [5, 5.41) is 2.85. The first kappa shape index (κ1) is 29.8. The summed E-state index contributed by atoms with van der Waals surface area (Å²) in [4.78, 5) is 28.5. The quantitative estimate of drug-likeness (QED) is 0.345. The van der Waals surface area contributed by atoms with Gasteiger partial charge in [0.05, 0.1) is 10.6 Å². The van der Waals surface area contributed by atoms with E-state index in [0.717, 1.165) is 16.3 Å². The molecule has 39 heavy (non-hydrogen) atoms. The standard InChI is InChI=1S/C30H36FN3O4S/c1-5-23-14-18-26(19-15-23)34(39(37,38)27-10-8-7-9-11-27)21-29(35)33(20-24-12-16-25(31)17-13-24)28(6-2)30(36)32-22(3)4/h7-19,22,28H,5-6,20-21H2,1-4H3,(H,32,36)/t28-/m0/s1. The second-order valence-corrected chi connectivity index (χ2v) is 11.4. The van der Waals surface area contributed by atoms with Crippen LogP contribution in [0, 0.1) is 5.82 Å². The molecule has 0 unspecified atom stereocenters. The van der Waals surface area contributed by atoms with Gasteiger partial charge in [-0.2, -0.15) is 0 Å². The Morgan fingerprint density at radius 3 is 2.00 bits per heavy atom. The van der Waals surface area contributed by atoms with E-state index in [1.807, 2.05) is 32.9 Å². The summed E-state index contributed by atoms with van der Waals surface area (Å²) in [6.07, 6.45) is 1.08. The first-order valence-electron chi connectivity index (χ1n) is 13.1. The van der Waals surface area contributed by atoms with Crippen molar-refractivity contribution in [1.82, 2.24) is 10.2 Å². The van der Waals surface area contributed by atoms with E-state index in [9.17, 15) is 22.4 Å². The van der Waals surface area contributed by atoms with Crippen molar-refractivity contribution in [2.75, 3.05) is 10.8 Å². The van der Waals surface area contributed by atoms with Gasteiger partial charge in [0.25, 0.3) is 10.0 Å². The molecule has 208 valence electrons. The molecule has 0 saturated heterocycles. The summed E-state index contributed by atoms with van der Waals surface area (Å²) in [6, 6.07) is 19.6. The van der Waals surface area contributed by atoms with Gasteiger partial charge in [0, 0.05) is 12.6 Å². The van der Waals surface area contributed by atoms with Crippen LogP contribution in [0.25, 0.3) is 0 Å². The van der Waals surface area contributed by atoms with Crippen molar-refractivity contribution in [3.63, 3.8) is 0 Å². The predicted octanol–water partition coefficient (Wildman–Crippen LogP) is 4.92. The van der Waals surface area contributed by atoms with E-state index in [0.29, 0.717) is 17.7 Å². The van der Waals surface area contributed by atoms with Gasteiger partial charge in [-0.1, -0.05) is 56.3 Å². The van der Waals surface area contributed by atoms with E-state index in [2.05, 4.69) is 5.32 Å². The number of carbonyl (C=O) groups is 2. The highest BCUT2D eigenvalue weighted by atomic mass is 32.2. The minimum atomic E-state index is -4.12. The summed E-state index contributed by atoms with van der Waals surface area (Å²) in [5.41, 5.74) is 1.98. The van der Waals surface area contributed by atoms with Gasteiger partial charge >= 0.3 is 0 Å². The molecule has 0 fully saturated rings. The maximum atomic E-state index is 14.0. The van der Waals surface area contributed by atoms with Crippen molar-refractivity contribution in [2.24, 2.45) is 0 Å². The topological polar surface area (TPSA) is 86.8 Å². The number of benzene rings is 3. The number of hydrogen-bond donors (Lipinski definition) is 1. The zero-order valence-corrected chi connectivity index (χ0v) is 23.6. The number of nitrogens with zero attached hydrogens (tertiary/aromatic N) is 2. The number of halogens is 1. The van der Waals surface area contributed by atoms with E-state index >= 15 is 0 Å². The van der Waals surface area contributed by atoms with Crippen LogP contribution in [-0.4, -0.2) is 43.8 Å². The Labute approximate surface area is 230 Å². The summed E-state index contributed by atoms with van der Waals surface area (Å²) >= 11 is 0. The lowest BCUT2D eigenvalue weighted by Crippen LogP contribution is -2.53. The number of rotatable bonds is 12. The second kappa shape index (κ2) is 13.4. The molecule has 0 spiro atoms. The van der Waals surface area contributed by atoms with Crippen molar-refractivity contribution >= 4 is 27.5 Å². The highest BCUT2D eigenvalue weighted by Gasteiger charge is 2.33. The molecule has 0 saturated carbocycles. The van der Waals surface area contributed by atoms with Crippen molar-refractivity contribution in [2.45, 2.75) is 64.1 Å². The fourth-order valence-electron chi connectivity index (χ4n) is 4.23. The minimum Gasteiger partial charge on any atom is -0.352 e. The van der Waals surface area contributed by atoms with Crippen LogP contribution in [0.4, 0.5) is 10.1 Å². The highest BCUT2D eigenvalue weighted by Crippen LogP contribution is 2.25. The van der Waals surface area contributed by atoms with Crippen LogP contribution in [0.5, 0.6) is 0 Å². The summed E-state index contributed by atoms with van der Waals surface area (Å²) in [5.74, 6) is -1.31. The lowest BCUT2D eigenvalue weighted by Gasteiger charge is -2.33. The number of nitrogens with one attached hydrogen (secondary N) is 1. The van der Waals surface area contributed by atoms with Crippen molar-refractivity contribution in [3.05, 3.63) is 95.8 Å². The van der Waals surface area contributed by atoms with E-state index in [1.165, 1.54) is 29.2 Å². The highest BCUT2D eigenvalue weighted by molar-refractivity contribution is 7.92. The van der Waals surface area contributed by atoms with E-state index < -0.39 is 34.3 Å². The second-order valence-electron chi connectivity index (χ2n) is 9.58. The van der Waals surface area contributed by atoms with Gasteiger partial charge < -0.3 is 10.2 Å². The van der Waals surface area contributed by atoms with Gasteiger partial charge in [0.1, 0.15) is 18.4 Å². The van der Waals surface area contributed by atoms with Crippen LogP contribution in [0.15, 0.2) is 83.8 Å². The van der Waals surface area contributed by atoms with Crippen LogP contribution in [0.2, 0.25) is 0 Å². The predicted molar refractivity (Wildman–Crippen MR) is 151 cm³/mol. The van der Waals surface area contributed by atoms with Gasteiger partial charge in [-0.15, -0.1) is 0 Å². The largest absolute Gasteiger partial charge is 0.352 e. The van der Waals surface area contributed by atoms with E-state index in [1.54, 1.807) is 49.4 Å². The summed E-state index contributed by atoms with van der Waals surface area (Å²) in [6.45, 7) is 6.93. The first-order valence-corrected chi connectivity index (χ1v) is 14.5. The smallest absolute Gasteiger partial charge is 0.264 e. The number of anilines is 1. The molecule has 7 nitrogen and oxygen atoms in total. The maximum Gasteiger partial charge on any atom is 0.264 e. The number of amides is 2. The molecule has 3 aromatic carbocycles. The van der Waals surface area contributed by atoms with Gasteiger partial charge in [-0.3, -0.25) is 13.9 Å². The van der Waals surface area contributed by atoms with Crippen LogP contribution in [-0.2, 0) is 32.6 Å². The molecule has 1 N–H and O–H groups in total. The average molecular weight is 554 g/mol. The molecule has 0 heterocycles. The molecule has 3 aromatic rings. The van der Waals surface area contributed by atoms with Crippen LogP contribution < -0.4 is 9.62 Å². The van der Waals surface area contributed by atoms with Crippen LogP contribution in [0.3, 0.4) is 0 Å². The molecule has 0 bridgehead atoms. The Morgan fingerprint density at radius 1 is 0.872 bits per heavy atom. The van der Waals surface area contributed by atoms with Gasteiger partial charge in [-0.25, -0.2) is 12.8 Å². The summed E-state index contributed by atoms with van der Waals surface area (Å²) < 4.78 is 42.2. The lowest BCUT2D eigenvalue weighted by atomic mass is 10.1. The molecule has 0 radical (unpaired) electrons. The Hall–Kier alpha value is -3.72. The van der Waals surface area contributed by atoms with Gasteiger partial charge in [-0.05, 0) is 74.2 Å². The van der Waals surface area contributed by atoms with Crippen molar-refractivity contribution in [1.29, 1.82) is 0 Å². The molecule has 0 aliphatic heterocycles. The monoisotopic (exact) mass is 553 g/mol. The first-order chi connectivity index (χ1) is 18.6. The van der Waals surface area contributed by atoms with Crippen LogP contribution in [0.1, 0.15) is 45.2 Å². The average Bonchev–Trinajstić information content (AvgIpc) is 2.92. The molecule has 3 rings (SSSR count). The molecule has 9 heteroatoms. The van der Waals surface area contributed by atoms with E-state index in [-0.39, 0.29) is 23.4 Å². The zero-order chi connectivity index (χ0) is 28.6. The third kappa shape index (κ3) is 7.66. The van der Waals surface area contributed by atoms with Gasteiger partial charge in [0.2, 0.25) is 11.8 Å². The molecular formula is C30H36FN3O4S. The molecular weight excluding hydrogens is 517 g/mol. The fourth-order valence-corrected chi connectivity index (χ4v) is 5.67. The van der Waals surface area contributed by atoms with E-state index in [4.69, 9.17) is 0 Å². The molecule has 1 atom stereocenters. The Kier molecular flexibility index (Phi) is 10.2. The summed E-state index contributed by atoms with van der Waals surface area (Å²) in [7, 11) is -4.12. The third-order valence-electron chi connectivity index (χ3n) is 6.33. The zero-order valence-electron chi connectivity index (χ0n) is 22.8. The Morgan fingerprint density at radius 2 is 1.46 bits per heavy atom. The third-order valence-corrected chi connectivity index (χ3v) is 8.11. The van der Waals surface area contributed by atoms with Crippen molar-refractivity contribution < 1.29 is 22.4 Å². The number of sulfonamides is 1. The molecule has 0 aliphatic rings. The van der Waals surface area contributed by atoms with Gasteiger partial charge in [0.15, 0.2) is 0 Å². The lowest BCUT2D eigenvalue weighted by molar-refractivity contribution is -0.140. The molecule has 2 amide bonds. The minimum absolute atomic E-state index is 0.0110. The number of carbonyl (C=O) groups excluding carboxylic acids is 2. The Bertz CT molecular complexity index is 1350. The number of hydrogen-bond acceptors (Lipinski definition) is 4. The maximum absolute atomic E-state index is 14.0. The molecule has 0 aliphatic carbocycles. The molecule has 0 aromatic heterocycles. The van der Waals surface area contributed by atoms with Crippen LogP contribution >= 0.6 is 0 Å². The fraction of sp³-hybridized carbons (Fsp3) is 0.333.